The van der Waals surface area contributed by atoms with Crippen molar-refractivity contribution in [3.05, 3.63) is 17.3 Å². The van der Waals surface area contributed by atoms with E-state index in [1.807, 2.05) is 4.90 Å². The first-order chi connectivity index (χ1) is 10.1. The van der Waals surface area contributed by atoms with Crippen molar-refractivity contribution in [3.63, 3.8) is 0 Å². The summed E-state index contributed by atoms with van der Waals surface area (Å²) in [6.07, 6.45) is 5.12. The third kappa shape index (κ3) is 2.25. The van der Waals surface area contributed by atoms with E-state index in [4.69, 9.17) is 11.6 Å². The maximum Gasteiger partial charge on any atom is 0.226 e. The van der Waals surface area contributed by atoms with E-state index in [2.05, 4.69) is 14.9 Å². The van der Waals surface area contributed by atoms with E-state index in [1.54, 1.807) is 0 Å². The van der Waals surface area contributed by atoms with Gasteiger partial charge in [0.15, 0.2) is 11.6 Å². The molecule has 0 spiro atoms. The van der Waals surface area contributed by atoms with Crippen molar-refractivity contribution in [2.75, 3.05) is 18.0 Å². The number of halogens is 2. The van der Waals surface area contributed by atoms with Crippen molar-refractivity contribution >= 4 is 23.3 Å². The molecule has 1 amide bonds. The first kappa shape index (κ1) is 13.2. The van der Waals surface area contributed by atoms with Crippen molar-refractivity contribution in [3.8, 4) is 0 Å². The average Bonchev–Trinajstić information content (AvgIpc) is 3.27. The summed E-state index contributed by atoms with van der Waals surface area (Å²) in [6.45, 7) is 1.25. The molecule has 0 N–H and O–H groups in total. The Bertz CT molecular complexity index is 580. The molecule has 1 aromatic rings. The van der Waals surface area contributed by atoms with E-state index in [0.29, 0.717) is 19.0 Å². The number of rotatable bonds is 2. The predicted octanol–water partition coefficient (Wildman–Crippen LogP) is 1.86. The number of amides is 1. The van der Waals surface area contributed by atoms with E-state index >= 15 is 0 Å². The second-order valence-corrected chi connectivity index (χ2v) is 6.46. The van der Waals surface area contributed by atoms with Gasteiger partial charge in [0.05, 0.1) is 6.20 Å². The van der Waals surface area contributed by atoms with Gasteiger partial charge < -0.3 is 9.80 Å². The smallest absolute Gasteiger partial charge is 0.226 e. The Morgan fingerprint density at radius 2 is 1.90 bits per heavy atom. The Balaban J connectivity index is 1.57. The van der Waals surface area contributed by atoms with Crippen LogP contribution in [0.1, 0.15) is 25.7 Å². The third-order valence-electron chi connectivity index (χ3n) is 4.66. The Morgan fingerprint density at radius 1 is 1.24 bits per heavy atom. The minimum Gasteiger partial charge on any atom is -0.350 e. The van der Waals surface area contributed by atoms with E-state index in [-0.39, 0.29) is 29.1 Å². The van der Waals surface area contributed by atoms with Gasteiger partial charge in [-0.25, -0.2) is 9.37 Å². The van der Waals surface area contributed by atoms with Gasteiger partial charge in [-0.2, -0.15) is 4.98 Å². The third-order valence-corrected chi connectivity index (χ3v) is 4.84. The van der Waals surface area contributed by atoms with Crippen LogP contribution in [-0.4, -0.2) is 45.9 Å². The molecule has 3 fully saturated rings. The lowest BCUT2D eigenvalue weighted by Crippen LogP contribution is -2.56. The summed E-state index contributed by atoms with van der Waals surface area (Å²) in [5.41, 5.74) is 0. The van der Waals surface area contributed by atoms with Crippen molar-refractivity contribution < 1.29 is 9.18 Å². The Labute approximate surface area is 127 Å². The lowest BCUT2D eigenvalue weighted by atomic mass is 10.1. The second kappa shape index (κ2) is 4.80. The molecular formula is C14H16ClFN4O. The summed E-state index contributed by atoms with van der Waals surface area (Å²) in [5, 5.41) is 0.0511. The van der Waals surface area contributed by atoms with E-state index < -0.39 is 5.82 Å². The van der Waals surface area contributed by atoms with Gasteiger partial charge in [0.2, 0.25) is 11.2 Å². The number of carbonyl (C=O) groups is 1. The molecule has 2 saturated heterocycles. The maximum atomic E-state index is 13.9. The summed E-state index contributed by atoms with van der Waals surface area (Å²) in [6, 6.07) is 0.343. The number of carbonyl (C=O) groups excluding carboxylic acids is 1. The van der Waals surface area contributed by atoms with Crippen molar-refractivity contribution in [1.29, 1.82) is 0 Å². The molecule has 3 aliphatic rings. The molecule has 1 saturated carbocycles. The normalized spacial score (nSPS) is 28.1. The number of fused-ring (bicyclic) bond motifs is 2. The SMILES string of the molecule is O=C(C1CC1)N1C2CCC1CN(c1nc(Cl)ncc1F)C2. The van der Waals surface area contributed by atoms with Crippen molar-refractivity contribution in [1.82, 2.24) is 14.9 Å². The van der Waals surface area contributed by atoms with E-state index in [9.17, 15) is 9.18 Å². The summed E-state index contributed by atoms with van der Waals surface area (Å²) in [4.78, 5) is 24.0. The summed E-state index contributed by atoms with van der Waals surface area (Å²) < 4.78 is 13.9. The van der Waals surface area contributed by atoms with Crippen LogP contribution in [-0.2, 0) is 4.79 Å². The van der Waals surface area contributed by atoms with Gasteiger partial charge in [0.25, 0.3) is 0 Å². The number of hydrogen-bond acceptors (Lipinski definition) is 4. The Kier molecular flexibility index (Phi) is 3.03. The molecule has 1 aliphatic carbocycles. The topological polar surface area (TPSA) is 49.3 Å². The van der Waals surface area contributed by atoms with Crippen LogP contribution >= 0.6 is 11.6 Å². The fourth-order valence-electron chi connectivity index (χ4n) is 3.54. The fraction of sp³-hybridized carbons (Fsp3) is 0.643. The van der Waals surface area contributed by atoms with Crippen LogP contribution in [0, 0.1) is 11.7 Å². The van der Waals surface area contributed by atoms with Gasteiger partial charge in [-0.05, 0) is 37.3 Å². The van der Waals surface area contributed by atoms with Gasteiger partial charge in [-0.1, -0.05) is 0 Å². The highest BCUT2D eigenvalue weighted by Gasteiger charge is 2.47. The van der Waals surface area contributed by atoms with Crippen LogP contribution in [0.3, 0.4) is 0 Å². The van der Waals surface area contributed by atoms with Gasteiger partial charge >= 0.3 is 0 Å². The summed E-state index contributed by atoms with van der Waals surface area (Å²) in [7, 11) is 0. The zero-order valence-electron chi connectivity index (χ0n) is 11.5. The zero-order chi connectivity index (χ0) is 14.6. The quantitative estimate of drug-likeness (QED) is 0.782. The predicted molar refractivity (Wildman–Crippen MR) is 75.6 cm³/mol. The second-order valence-electron chi connectivity index (χ2n) is 6.12. The van der Waals surface area contributed by atoms with Crippen LogP contribution in [0.25, 0.3) is 0 Å². The molecule has 0 aromatic carbocycles. The Hall–Kier alpha value is -1.43. The maximum absolute atomic E-state index is 13.9. The highest BCUT2D eigenvalue weighted by atomic mass is 35.5. The van der Waals surface area contributed by atoms with Crippen LogP contribution in [0.5, 0.6) is 0 Å². The lowest BCUT2D eigenvalue weighted by Gasteiger charge is -2.41. The molecule has 5 nitrogen and oxygen atoms in total. The van der Waals surface area contributed by atoms with E-state index in [1.165, 1.54) is 0 Å². The average molecular weight is 311 g/mol. The van der Waals surface area contributed by atoms with Gasteiger partial charge in [-0.3, -0.25) is 4.79 Å². The minimum atomic E-state index is -0.458. The largest absolute Gasteiger partial charge is 0.350 e. The zero-order valence-corrected chi connectivity index (χ0v) is 12.3. The fourth-order valence-corrected chi connectivity index (χ4v) is 3.66. The van der Waals surface area contributed by atoms with Crippen molar-refractivity contribution in [2.24, 2.45) is 5.92 Å². The molecule has 7 heteroatoms. The number of piperazine rings is 1. The molecule has 21 heavy (non-hydrogen) atoms. The molecule has 2 atom stereocenters. The van der Waals surface area contributed by atoms with E-state index in [0.717, 1.165) is 31.9 Å². The number of nitrogens with zero attached hydrogens (tertiary/aromatic N) is 4. The Morgan fingerprint density at radius 3 is 2.52 bits per heavy atom. The molecule has 3 heterocycles. The van der Waals surface area contributed by atoms with Crippen molar-refractivity contribution in [2.45, 2.75) is 37.8 Å². The molecule has 112 valence electrons. The molecule has 2 bridgehead atoms. The van der Waals surface area contributed by atoms with Crippen LogP contribution < -0.4 is 4.90 Å². The standard InChI is InChI=1S/C14H16ClFN4O/c15-14-17-5-11(16)12(18-14)19-6-9-3-4-10(7-19)20(9)13(21)8-1-2-8/h5,8-10H,1-4,6-7H2. The lowest BCUT2D eigenvalue weighted by molar-refractivity contribution is -0.135. The first-order valence-electron chi connectivity index (χ1n) is 7.38. The highest BCUT2D eigenvalue weighted by Crippen LogP contribution is 2.38. The molecule has 2 unspecified atom stereocenters. The summed E-state index contributed by atoms with van der Waals surface area (Å²) in [5.74, 6) is 0.333. The van der Waals surface area contributed by atoms with Crippen LogP contribution in [0.15, 0.2) is 6.20 Å². The molecule has 4 rings (SSSR count). The molecule has 2 aliphatic heterocycles. The number of hydrogen-bond donors (Lipinski definition) is 0. The van der Waals surface area contributed by atoms with Gasteiger partial charge in [-0.15, -0.1) is 0 Å². The summed E-state index contributed by atoms with van der Waals surface area (Å²) >= 11 is 5.77. The minimum absolute atomic E-state index is 0.0511. The number of aromatic nitrogens is 2. The highest BCUT2D eigenvalue weighted by molar-refractivity contribution is 6.28. The van der Waals surface area contributed by atoms with Crippen LogP contribution in [0.2, 0.25) is 5.28 Å². The number of anilines is 1. The van der Waals surface area contributed by atoms with Gasteiger partial charge in [0.1, 0.15) is 0 Å². The monoisotopic (exact) mass is 310 g/mol. The molecule has 0 radical (unpaired) electrons. The first-order valence-corrected chi connectivity index (χ1v) is 7.76. The molecular weight excluding hydrogens is 295 g/mol. The molecule has 1 aromatic heterocycles. The van der Waals surface area contributed by atoms with Crippen LogP contribution in [0.4, 0.5) is 10.2 Å². The van der Waals surface area contributed by atoms with Gasteiger partial charge in [0, 0.05) is 31.1 Å².